The van der Waals surface area contributed by atoms with E-state index in [4.69, 9.17) is 0 Å². The zero-order chi connectivity index (χ0) is 21.0. The van der Waals surface area contributed by atoms with Crippen LogP contribution in [-0.4, -0.2) is 29.5 Å². The highest BCUT2D eigenvalue weighted by Gasteiger charge is 2.26. The molecule has 4 aromatic rings. The van der Waals surface area contributed by atoms with Crippen LogP contribution in [0.5, 0.6) is 0 Å². The number of benzene rings is 3. The Morgan fingerprint density at radius 2 is 1.67 bits per heavy atom. The molecule has 0 radical (unpaired) electrons. The number of carbonyl (C=O) groups excluding carboxylic acids is 1. The number of rotatable bonds is 7. The highest BCUT2D eigenvalue weighted by atomic mass is 32.2. The molecule has 0 bridgehead atoms. The van der Waals surface area contributed by atoms with Gasteiger partial charge in [0.1, 0.15) is 0 Å². The Labute approximate surface area is 179 Å². The van der Waals surface area contributed by atoms with Crippen molar-refractivity contribution in [1.82, 2.24) is 8.68 Å². The Morgan fingerprint density at radius 1 is 0.967 bits per heavy atom. The van der Waals surface area contributed by atoms with E-state index in [1.807, 2.05) is 42.5 Å². The highest BCUT2D eigenvalue weighted by Crippen LogP contribution is 2.22. The number of aromatic nitrogens is 1. The zero-order valence-corrected chi connectivity index (χ0v) is 17.6. The second-order valence-electron chi connectivity index (χ2n) is 6.70. The molecule has 3 aromatic carbocycles. The fourth-order valence-electron chi connectivity index (χ4n) is 3.07. The first-order chi connectivity index (χ1) is 14.5. The lowest BCUT2D eigenvalue weighted by molar-refractivity contribution is -0.116. The molecule has 1 heterocycles. The summed E-state index contributed by atoms with van der Waals surface area (Å²) in [6.45, 7) is -0.203. The third-order valence-corrected chi connectivity index (χ3v) is 7.12. The third-order valence-electron chi connectivity index (χ3n) is 4.54. The molecule has 1 N–H and O–H groups in total. The van der Waals surface area contributed by atoms with Crippen LogP contribution in [0.2, 0.25) is 0 Å². The van der Waals surface area contributed by atoms with E-state index in [9.17, 15) is 13.2 Å². The maximum Gasteiger partial charge on any atom is 0.243 e. The van der Waals surface area contributed by atoms with Gasteiger partial charge in [-0.05, 0) is 47.4 Å². The summed E-state index contributed by atoms with van der Waals surface area (Å²) in [5.74, 6) is -0.409. The number of nitrogens with one attached hydrogen (secondary N) is 1. The molecule has 30 heavy (non-hydrogen) atoms. The predicted molar refractivity (Wildman–Crippen MR) is 119 cm³/mol. The summed E-state index contributed by atoms with van der Waals surface area (Å²) in [5.41, 5.74) is 1.40. The highest BCUT2D eigenvalue weighted by molar-refractivity contribution is 7.89. The molecule has 0 saturated heterocycles. The number of carbonyl (C=O) groups is 1. The molecule has 0 fully saturated rings. The predicted octanol–water partition coefficient (Wildman–Crippen LogP) is 4.13. The Hall–Kier alpha value is -3.07. The lowest BCUT2D eigenvalue weighted by Gasteiger charge is -2.22. The first kappa shape index (κ1) is 20.2. The SMILES string of the molecule is O=C(CN(Cc1ccccc1)S(=O)(=O)c1ccccc1)Nc1ccc2sncc2c1. The lowest BCUT2D eigenvalue weighted by atomic mass is 10.2. The summed E-state index contributed by atoms with van der Waals surface area (Å²) < 4.78 is 32.7. The molecule has 8 heteroatoms. The molecule has 0 aliphatic carbocycles. The van der Waals surface area contributed by atoms with Crippen molar-refractivity contribution in [1.29, 1.82) is 0 Å². The number of amides is 1. The average molecular weight is 438 g/mol. The molecule has 6 nitrogen and oxygen atoms in total. The average Bonchev–Trinajstić information content (AvgIpc) is 3.22. The van der Waals surface area contributed by atoms with Crippen LogP contribution in [0.4, 0.5) is 5.69 Å². The molecular formula is C22H19N3O3S2. The Bertz CT molecular complexity index is 1260. The van der Waals surface area contributed by atoms with E-state index >= 15 is 0 Å². The Morgan fingerprint density at radius 3 is 2.40 bits per heavy atom. The van der Waals surface area contributed by atoms with Crippen LogP contribution in [0.3, 0.4) is 0 Å². The van der Waals surface area contributed by atoms with E-state index in [-0.39, 0.29) is 18.0 Å². The van der Waals surface area contributed by atoms with Gasteiger partial charge < -0.3 is 5.32 Å². The maximum atomic E-state index is 13.2. The summed E-state index contributed by atoms with van der Waals surface area (Å²) in [7, 11) is -3.85. The topological polar surface area (TPSA) is 79.4 Å². The molecule has 152 valence electrons. The molecule has 1 aromatic heterocycles. The van der Waals surface area contributed by atoms with Crippen molar-refractivity contribution in [2.45, 2.75) is 11.4 Å². The monoisotopic (exact) mass is 437 g/mol. The number of anilines is 1. The van der Waals surface area contributed by atoms with Gasteiger partial charge in [-0.2, -0.15) is 8.68 Å². The minimum absolute atomic E-state index is 0.0962. The van der Waals surface area contributed by atoms with E-state index < -0.39 is 15.9 Å². The lowest BCUT2D eigenvalue weighted by Crippen LogP contribution is -2.37. The van der Waals surface area contributed by atoms with Crippen LogP contribution >= 0.6 is 11.5 Å². The first-order valence-corrected chi connectivity index (χ1v) is 11.5. The standard InChI is InChI=1S/C22H19N3O3S2/c26-22(24-19-11-12-21-18(13-19)14-23-29-21)16-25(15-17-7-3-1-4-8-17)30(27,28)20-9-5-2-6-10-20/h1-14H,15-16H2,(H,24,26). The molecule has 0 aliphatic rings. The summed E-state index contributed by atoms with van der Waals surface area (Å²) >= 11 is 1.38. The molecular weight excluding hydrogens is 418 g/mol. The third kappa shape index (κ3) is 4.56. The van der Waals surface area contributed by atoms with Crippen molar-refractivity contribution in [2.24, 2.45) is 0 Å². The van der Waals surface area contributed by atoms with Gasteiger partial charge in [0.15, 0.2) is 0 Å². The van der Waals surface area contributed by atoms with Crippen molar-refractivity contribution in [3.63, 3.8) is 0 Å². The van der Waals surface area contributed by atoms with Gasteiger partial charge in [-0.3, -0.25) is 4.79 Å². The molecule has 0 spiro atoms. The van der Waals surface area contributed by atoms with Gasteiger partial charge >= 0.3 is 0 Å². The molecule has 0 saturated carbocycles. The number of nitrogens with zero attached hydrogens (tertiary/aromatic N) is 2. The van der Waals surface area contributed by atoms with Crippen molar-refractivity contribution in [3.05, 3.63) is 90.6 Å². The van der Waals surface area contributed by atoms with Gasteiger partial charge in [-0.15, -0.1) is 0 Å². The second-order valence-corrected chi connectivity index (χ2v) is 9.47. The van der Waals surface area contributed by atoms with E-state index in [1.54, 1.807) is 30.5 Å². The van der Waals surface area contributed by atoms with Gasteiger partial charge in [0.25, 0.3) is 0 Å². The number of sulfonamides is 1. The normalized spacial score (nSPS) is 11.6. The molecule has 1 amide bonds. The van der Waals surface area contributed by atoms with Crippen molar-refractivity contribution >= 4 is 43.2 Å². The van der Waals surface area contributed by atoms with E-state index in [0.29, 0.717) is 5.69 Å². The number of hydrogen-bond donors (Lipinski definition) is 1. The second kappa shape index (κ2) is 8.74. The maximum absolute atomic E-state index is 13.2. The van der Waals surface area contributed by atoms with Gasteiger partial charge in [-0.25, -0.2) is 8.42 Å². The van der Waals surface area contributed by atoms with Crippen LogP contribution in [0, 0.1) is 0 Å². The van der Waals surface area contributed by atoms with Crippen LogP contribution in [0.15, 0.2) is 90.0 Å². The van der Waals surface area contributed by atoms with Crippen molar-refractivity contribution < 1.29 is 13.2 Å². The largest absolute Gasteiger partial charge is 0.325 e. The molecule has 4 rings (SSSR count). The van der Waals surface area contributed by atoms with E-state index in [2.05, 4.69) is 9.69 Å². The molecule has 0 aliphatic heterocycles. The van der Waals surface area contributed by atoms with Crippen molar-refractivity contribution in [3.8, 4) is 0 Å². The quantitative estimate of drug-likeness (QED) is 0.472. The summed E-state index contributed by atoms with van der Waals surface area (Å²) in [6.07, 6.45) is 1.73. The Kier molecular flexibility index (Phi) is 5.89. The van der Waals surface area contributed by atoms with E-state index in [0.717, 1.165) is 15.6 Å². The fraction of sp³-hybridized carbons (Fsp3) is 0.0909. The summed E-state index contributed by atoms with van der Waals surface area (Å²) in [5, 5.41) is 3.72. The first-order valence-electron chi connectivity index (χ1n) is 9.26. The van der Waals surface area contributed by atoms with Crippen LogP contribution in [0.1, 0.15) is 5.56 Å². The van der Waals surface area contributed by atoms with Gasteiger partial charge in [-0.1, -0.05) is 48.5 Å². The van der Waals surface area contributed by atoms with Gasteiger partial charge in [0.05, 0.1) is 16.1 Å². The van der Waals surface area contributed by atoms with Crippen molar-refractivity contribution in [2.75, 3.05) is 11.9 Å². The molecule has 0 unspecified atom stereocenters. The van der Waals surface area contributed by atoms with Crippen LogP contribution in [0.25, 0.3) is 10.1 Å². The van der Waals surface area contributed by atoms with Gasteiger partial charge in [0, 0.05) is 23.8 Å². The van der Waals surface area contributed by atoms with E-state index in [1.165, 1.54) is 28.0 Å². The minimum Gasteiger partial charge on any atom is -0.325 e. The minimum atomic E-state index is -3.85. The molecule has 0 atom stereocenters. The zero-order valence-electron chi connectivity index (χ0n) is 15.9. The van der Waals surface area contributed by atoms with Crippen LogP contribution in [-0.2, 0) is 21.4 Å². The smallest absolute Gasteiger partial charge is 0.243 e. The van der Waals surface area contributed by atoms with Crippen LogP contribution < -0.4 is 5.32 Å². The summed E-state index contributed by atoms with van der Waals surface area (Å²) in [6, 6.07) is 22.8. The summed E-state index contributed by atoms with van der Waals surface area (Å²) in [4.78, 5) is 12.9. The number of fused-ring (bicyclic) bond motifs is 1. The van der Waals surface area contributed by atoms with Gasteiger partial charge in [0.2, 0.25) is 15.9 Å². The Balaban J connectivity index is 1.57. The fourth-order valence-corrected chi connectivity index (χ4v) is 5.10. The number of hydrogen-bond acceptors (Lipinski definition) is 5.